The summed E-state index contributed by atoms with van der Waals surface area (Å²) >= 11 is 0. The Balaban J connectivity index is 0. The molecule has 0 atom stereocenters. The minimum atomic E-state index is -1.17. The standard InChI is InChI=1S/C4H8N2O2.C2H6/c1-6(2)3-5-4(7)8;1-2/h3H,1-2H3,(H,7,8);1-2H3/b5-3+;. The van der Waals surface area contributed by atoms with Gasteiger partial charge in [-0.15, -0.1) is 0 Å². The van der Waals surface area contributed by atoms with Crippen LogP contribution < -0.4 is 0 Å². The fourth-order valence-corrected chi connectivity index (χ4v) is 0.165. The number of hydrogen-bond acceptors (Lipinski definition) is 1. The van der Waals surface area contributed by atoms with E-state index >= 15 is 0 Å². The Morgan fingerprint density at radius 2 is 1.90 bits per heavy atom. The number of aliphatic imine (C=N–C) groups is 1. The average Bonchev–Trinajstić information content (AvgIpc) is 1.89. The molecule has 0 rings (SSSR count). The van der Waals surface area contributed by atoms with Gasteiger partial charge in [-0.1, -0.05) is 13.8 Å². The van der Waals surface area contributed by atoms with Gasteiger partial charge < -0.3 is 10.0 Å². The molecule has 0 aromatic heterocycles. The van der Waals surface area contributed by atoms with Crippen LogP contribution in [0.5, 0.6) is 0 Å². The zero-order valence-corrected chi connectivity index (χ0v) is 6.83. The van der Waals surface area contributed by atoms with Crippen LogP contribution in [0.3, 0.4) is 0 Å². The Hall–Kier alpha value is -1.06. The molecule has 0 aliphatic rings. The zero-order chi connectivity index (χ0) is 8.57. The van der Waals surface area contributed by atoms with Gasteiger partial charge >= 0.3 is 6.09 Å². The molecule has 1 amide bonds. The summed E-state index contributed by atoms with van der Waals surface area (Å²) in [4.78, 5) is 14.3. The third kappa shape index (κ3) is 15.8. The molecule has 0 fully saturated rings. The molecule has 0 saturated heterocycles. The van der Waals surface area contributed by atoms with Gasteiger partial charge in [0.2, 0.25) is 0 Å². The molecule has 10 heavy (non-hydrogen) atoms. The average molecular weight is 146 g/mol. The lowest BCUT2D eigenvalue weighted by Crippen LogP contribution is -2.08. The van der Waals surface area contributed by atoms with Crippen LogP contribution in [0, 0.1) is 0 Å². The largest absolute Gasteiger partial charge is 0.463 e. The summed E-state index contributed by atoms with van der Waals surface area (Å²) in [5, 5.41) is 7.94. The molecule has 0 aromatic rings. The molecule has 0 unspecified atom stereocenters. The van der Waals surface area contributed by atoms with Crippen molar-refractivity contribution in [3.63, 3.8) is 0 Å². The lowest BCUT2D eigenvalue weighted by Gasteiger charge is -1.98. The monoisotopic (exact) mass is 146 g/mol. The van der Waals surface area contributed by atoms with E-state index in [4.69, 9.17) is 5.11 Å². The Morgan fingerprint density at radius 1 is 1.50 bits per heavy atom. The van der Waals surface area contributed by atoms with Crippen LogP contribution in [0.1, 0.15) is 13.8 Å². The van der Waals surface area contributed by atoms with Gasteiger partial charge in [0.15, 0.2) is 0 Å². The van der Waals surface area contributed by atoms with Crippen LogP contribution in [0.25, 0.3) is 0 Å². The van der Waals surface area contributed by atoms with Gasteiger partial charge in [0.05, 0.1) is 6.34 Å². The van der Waals surface area contributed by atoms with E-state index in [1.165, 1.54) is 6.34 Å². The predicted molar refractivity (Wildman–Crippen MR) is 41.6 cm³/mol. The van der Waals surface area contributed by atoms with Crippen LogP contribution >= 0.6 is 0 Å². The predicted octanol–water partition coefficient (Wildman–Crippen LogP) is 1.28. The van der Waals surface area contributed by atoms with Gasteiger partial charge in [-0.3, -0.25) is 0 Å². The topological polar surface area (TPSA) is 52.9 Å². The maximum atomic E-state index is 9.68. The van der Waals surface area contributed by atoms with Crippen molar-refractivity contribution < 1.29 is 9.90 Å². The maximum absolute atomic E-state index is 9.68. The quantitative estimate of drug-likeness (QED) is 0.448. The third-order valence-corrected chi connectivity index (χ3v) is 0.399. The van der Waals surface area contributed by atoms with Crippen molar-refractivity contribution in [2.45, 2.75) is 13.8 Å². The van der Waals surface area contributed by atoms with Gasteiger partial charge in [-0.05, 0) is 0 Å². The summed E-state index contributed by atoms with van der Waals surface area (Å²) in [5.74, 6) is 0. The lowest BCUT2D eigenvalue weighted by atomic mass is 10.9. The molecule has 4 heteroatoms. The maximum Gasteiger partial charge on any atom is 0.432 e. The van der Waals surface area contributed by atoms with Gasteiger partial charge in [0.25, 0.3) is 0 Å². The van der Waals surface area contributed by atoms with E-state index in [1.54, 1.807) is 19.0 Å². The van der Waals surface area contributed by atoms with Crippen LogP contribution in [0.4, 0.5) is 4.79 Å². The molecule has 0 bridgehead atoms. The van der Waals surface area contributed by atoms with E-state index in [1.807, 2.05) is 13.8 Å². The zero-order valence-electron chi connectivity index (χ0n) is 6.83. The second kappa shape index (κ2) is 7.94. The molecule has 0 aromatic carbocycles. The summed E-state index contributed by atoms with van der Waals surface area (Å²) in [6.07, 6.45) is 0.0567. The minimum absolute atomic E-state index is 1.17. The summed E-state index contributed by atoms with van der Waals surface area (Å²) in [6, 6.07) is 0. The number of carbonyl (C=O) groups is 1. The Bertz CT molecular complexity index is 110. The van der Waals surface area contributed by atoms with E-state index in [2.05, 4.69) is 4.99 Å². The van der Waals surface area contributed by atoms with E-state index in [-0.39, 0.29) is 0 Å². The molecule has 60 valence electrons. The van der Waals surface area contributed by atoms with Crippen molar-refractivity contribution in [2.24, 2.45) is 4.99 Å². The van der Waals surface area contributed by atoms with Gasteiger partial charge in [-0.25, -0.2) is 4.79 Å². The van der Waals surface area contributed by atoms with Crippen LogP contribution in [0.15, 0.2) is 4.99 Å². The van der Waals surface area contributed by atoms with Crippen molar-refractivity contribution in [2.75, 3.05) is 14.1 Å². The fraction of sp³-hybridized carbons (Fsp3) is 0.667. The van der Waals surface area contributed by atoms with E-state index in [0.29, 0.717) is 0 Å². The van der Waals surface area contributed by atoms with Crippen molar-refractivity contribution >= 4 is 12.4 Å². The molecule has 1 N–H and O–H groups in total. The van der Waals surface area contributed by atoms with Crippen LogP contribution in [0.2, 0.25) is 0 Å². The Labute approximate surface area is 61.2 Å². The fourth-order valence-electron chi connectivity index (χ4n) is 0.165. The SMILES string of the molecule is CC.CN(C)/C=N/C(=O)O. The number of carboxylic acid groups (broad SMARTS) is 1. The van der Waals surface area contributed by atoms with Gasteiger partial charge in [0.1, 0.15) is 0 Å². The first-order chi connectivity index (χ1) is 4.63. The first-order valence-corrected chi connectivity index (χ1v) is 3.06. The normalized spacial score (nSPS) is 8.40. The molecule has 0 heterocycles. The van der Waals surface area contributed by atoms with E-state index in [9.17, 15) is 4.79 Å². The smallest absolute Gasteiger partial charge is 0.432 e. The Morgan fingerprint density at radius 3 is 2.00 bits per heavy atom. The molecular formula is C6H14N2O2. The molecule has 4 nitrogen and oxygen atoms in total. The van der Waals surface area contributed by atoms with Crippen molar-refractivity contribution in [1.82, 2.24) is 4.90 Å². The summed E-state index contributed by atoms with van der Waals surface area (Å²) in [5.41, 5.74) is 0. The number of rotatable bonds is 1. The summed E-state index contributed by atoms with van der Waals surface area (Å²) in [7, 11) is 3.40. The van der Waals surface area contributed by atoms with Crippen molar-refractivity contribution in [3.8, 4) is 0 Å². The molecule has 0 aliphatic carbocycles. The third-order valence-electron chi connectivity index (χ3n) is 0.399. The molecule has 0 saturated carbocycles. The first-order valence-electron chi connectivity index (χ1n) is 3.06. The minimum Gasteiger partial charge on any atom is -0.463 e. The highest BCUT2D eigenvalue weighted by atomic mass is 16.4. The molecule has 0 spiro atoms. The highest BCUT2D eigenvalue weighted by Gasteiger charge is 1.83. The van der Waals surface area contributed by atoms with Gasteiger partial charge in [0, 0.05) is 14.1 Å². The van der Waals surface area contributed by atoms with Crippen molar-refractivity contribution in [3.05, 3.63) is 0 Å². The van der Waals surface area contributed by atoms with Gasteiger partial charge in [-0.2, -0.15) is 4.99 Å². The Kier molecular flexibility index (Phi) is 9.29. The molecule has 0 aliphatic heterocycles. The van der Waals surface area contributed by atoms with Crippen LogP contribution in [-0.4, -0.2) is 36.5 Å². The molecule has 0 radical (unpaired) electrons. The number of nitrogens with zero attached hydrogens (tertiary/aromatic N) is 2. The second-order valence-electron chi connectivity index (χ2n) is 1.49. The number of hydrogen-bond donors (Lipinski definition) is 1. The highest BCUT2D eigenvalue weighted by Crippen LogP contribution is 1.69. The van der Waals surface area contributed by atoms with Crippen LogP contribution in [-0.2, 0) is 0 Å². The molecular weight excluding hydrogens is 132 g/mol. The summed E-state index contributed by atoms with van der Waals surface area (Å²) in [6.45, 7) is 4.00. The second-order valence-corrected chi connectivity index (χ2v) is 1.49. The number of amides is 1. The summed E-state index contributed by atoms with van der Waals surface area (Å²) < 4.78 is 0. The highest BCUT2D eigenvalue weighted by molar-refractivity contribution is 5.76. The van der Waals surface area contributed by atoms with E-state index in [0.717, 1.165) is 0 Å². The first kappa shape index (κ1) is 11.7. The lowest BCUT2D eigenvalue weighted by molar-refractivity contribution is 0.205. The van der Waals surface area contributed by atoms with Crippen molar-refractivity contribution in [1.29, 1.82) is 0 Å². The van der Waals surface area contributed by atoms with E-state index < -0.39 is 6.09 Å².